The number of esters is 1. The van der Waals surface area contributed by atoms with E-state index in [4.69, 9.17) is 18.9 Å². The largest absolute Gasteiger partial charge is 0.493 e. The maximum atomic E-state index is 12.2. The zero-order valence-corrected chi connectivity index (χ0v) is 18.9. The molecule has 0 amide bonds. The number of hydrogen-bond acceptors (Lipinski definition) is 7. The van der Waals surface area contributed by atoms with Gasteiger partial charge < -0.3 is 24.1 Å². The summed E-state index contributed by atoms with van der Waals surface area (Å²) in [5.41, 5.74) is 0.572. The van der Waals surface area contributed by atoms with Crippen LogP contribution in [0.15, 0.2) is 30.3 Å². The lowest BCUT2D eigenvalue weighted by atomic mass is 9.84. The molecule has 0 bridgehead atoms. The smallest absolute Gasteiger partial charge is 0.338 e. The van der Waals surface area contributed by atoms with E-state index in [1.807, 2.05) is 6.07 Å². The first kappa shape index (κ1) is 22.5. The zero-order chi connectivity index (χ0) is 24.0. The maximum Gasteiger partial charge on any atom is 0.338 e. The number of benzene rings is 2. The van der Waals surface area contributed by atoms with Crippen LogP contribution in [0.4, 0.5) is 0 Å². The minimum absolute atomic E-state index is 0.135. The highest BCUT2D eigenvalue weighted by molar-refractivity contribution is 5.96. The van der Waals surface area contributed by atoms with E-state index in [1.54, 1.807) is 38.1 Å². The molecule has 172 valence electrons. The minimum atomic E-state index is -1.18. The summed E-state index contributed by atoms with van der Waals surface area (Å²) < 4.78 is 22.4. The fourth-order valence-electron chi connectivity index (χ4n) is 4.64. The first-order chi connectivity index (χ1) is 15.7. The lowest BCUT2D eigenvalue weighted by Gasteiger charge is -2.23. The summed E-state index contributed by atoms with van der Waals surface area (Å²) in [6.07, 6.45) is 0.341. The van der Waals surface area contributed by atoms with E-state index in [0.717, 1.165) is 11.1 Å². The number of hydrogen-bond donors (Lipinski definition) is 1. The number of nitriles is 1. The van der Waals surface area contributed by atoms with E-state index in [2.05, 4.69) is 6.07 Å². The van der Waals surface area contributed by atoms with Crippen LogP contribution >= 0.6 is 0 Å². The molecule has 2 unspecified atom stereocenters. The molecule has 1 N–H and O–H groups in total. The van der Waals surface area contributed by atoms with Gasteiger partial charge in [0, 0.05) is 11.1 Å². The van der Waals surface area contributed by atoms with Gasteiger partial charge in [-0.2, -0.15) is 5.26 Å². The number of fused-ring (bicyclic) bond motifs is 1. The second kappa shape index (κ2) is 8.00. The van der Waals surface area contributed by atoms with Gasteiger partial charge in [-0.15, -0.1) is 0 Å². The number of carbonyl (C=O) groups excluding carboxylic acids is 1. The summed E-state index contributed by atoms with van der Waals surface area (Å²) in [5.74, 6) is -0.691. The number of cyclic esters (lactones) is 1. The van der Waals surface area contributed by atoms with Crippen molar-refractivity contribution >= 4 is 11.9 Å². The molecule has 0 radical (unpaired) electrons. The van der Waals surface area contributed by atoms with Gasteiger partial charge in [0.15, 0.2) is 11.5 Å². The standard InChI is InChI=1S/C25H25NO7/c1-24(2,12-26)19-10-25(19,23(28)29)13-33-20-15(8-9-18(30-3)21(20)31-4)14-6-5-7-16-17(14)11-32-22(16)27/h5-9,19H,10-11,13H2,1-4H3,(H,28,29). The van der Waals surface area contributed by atoms with E-state index in [1.165, 1.54) is 14.2 Å². The fourth-order valence-corrected chi connectivity index (χ4v) is 4.64. The predicted octanol–water partition coefficient (Wildman–Crippen LogP) is 4.06. The Labute approximate surface area is 191 Å². The summed E-state index contributed by atoms with van der Waals surface area (Å²) in [5, 5.41) is 19.5. The van der Waals surface area contributed by atoms with Crippen LogP contribution in [0.3, 0.4) is 0 Å². The van der Waals surface area contributed by atoms with E-state index in [9.17, 15) is 20.0 Å². The Morgan fingerprint density at radius 2 is 1.91 bits per heavy atom. The molecule has 1 fully saturated rings. The van der Waals surface area contributed by atoms with E-state index < -0.39 is 16.8 Å². The van der Waals surface area contributed by atoms with Crippen molar-refractivity contribution in [3.05, 3.63) is 41.5 Å². The average Bonchev–Trinajstić information content (AvgIpc) is 3.47. The van der Waals surface area contributed by atoms with Crippen LogP contribution < -0.4 is 14.2 Å². The van der Waals surface area contributed by atoms with Crippen LogP contribution in [-0.4, -0.2) is 37.9 Å². The van der Waals surface area contributed by atoms with Gasteiger partial charge in [-0.3, -0.25) is 4.79 Å². The van der Waals surface area contributed by atoms with E-state index in [-0.39, 0.29) is 25.1 Å². The molecule has 0 spiro atoms. The summed E-state index contributed by atoms with van der Waals surface area (Å²) >= 11 is 0. The van der Waals surface area contributed by atoms with Crippen molar-refractivity contribution in [2.75, 3.05) is 20.8 Å². The first-order valence-electron chi connectivity index (χ1n) is 10.5. The van der Waals surface area contributed by atoms with Gasteiger partial charge >= 0.3 is 11.9 Å². The van der Waals surface area contributed by atoms with Gasteiger partial charge in [-0.1, -0.05) is 12.1 Å². The van der Waals surface area contributed by atoms with Crippen molar-refractivity contribution in [2.24, 2.45) is 16.7 Å². The lowest BCUT2D eigenvalue weighted by Crippen LogP contribution is -2.30. The number of methoxy groups -OCH3 is 2. The normalized spacial score (nSPS) is 20.9. The topological polar surface area (TPSA) is 115 Å². The molecule has 1 saturated carbocycles. The summed E-state index contributed by atoms with van der Waals surface area (Å²) in [6, 6.07) is 11.0. The highest BCUT2D eigenvalue weighted by atomic mass is 16.5. The number of carbonyl (C=O) groups is 2. The molecule has 1 aliphatic carbocycles. The molecule has 8 nitrogen and oxygen atoms in total. The second-order valence-electron chi connectivity index (χ2n) is 8.93. The third-order valence-electron chi connectivity index (χ3n) is 6.67. The van der Waals surface area contributed by atoms with Gasteiger partial charge in [-0.25, -0.2) is 4.79 Å². The Bertz CT molecular complexity index is 1180. The molecule has 0 aromatic heterocycles. The zero-order valence-electron chi connectivity index (χ0n) is 18.9. The molecule has 8 heteroatoms. The summed E-state index contributed by atoms with van der Waals surface area (Å²) in [6.45, 7) is 3.48. The molecule has 2 aliphatic rings. The Morgan fingerprint density at radius 1 is 1.18 bits per heavy atom. The molecular weight excluding hydrogens is 426 g/mol. The third kappa shape index (κ3) is 3.54. The molecule has 0 saturated heterocycles. The van der Waals surface area contributed by atoms with Crippen LogP contribution in [0.2, 0.25) is 0 Å². The van der Waals surface area contributed by atoms with Gasteiger partial charge in [-0.05, 0) is 49.9 Å². The maximum absolute atomic E-state index is 12.2. The Hall–Kier alpha value is -3.73. The van der Waals surface area contributed by atoms with Crippen molar-refractivity contribution in [1.29, 1.82) is 5.26 Å². The van der Waals surface area contributed by atoms with Crippen LogP contribution in [-0.2, 0) is 16.1 Å². The highest BCUT2D eigenvalue weighted by Crippen LogP contribution is 2.61. The minimum Gasteiger partial charge on any atom is -0.493 e. The monoisotopic (exact) mass is 451 g/mol. The lowest BCUT2D eigenvalue weighted by molar-refractivity contribution is -0.145. The van der Waals surface area contributed by atoms with Crippen LogP contribution in [0.5, 0.6) is 17.2 Å². The Balaban J connectivity index is 1.78. The van der Waals surface area contributed by atoms with Crippen LogP contribution in [0.25, 0.3) is 11.1 Å². The molecule has 33 heavy (non-hydrogen) atoms. The Kier molecular flexibility index (Phi) is 5.44. The SMILES string of the molecule is COc1ccc(-c2cccc3c2COC3=O)c(OCC2(C(=O)O)CC2C(C)(C)C#N)c1OC. The molecule has 2 aromatic carbocycles. The van der Waals surface area contributed by atoms with E-state index >= 15 is 0 Å². The Morgan fingerprint density at radius 3 is 2.55 bits per heavy atom. The molecule has 1 heterocycles. The molecule has 4 rings (SSSR count). The van der Waals surface area contributed by atoms with Crippen molar-refractivity contribution in [3.63, 3.8) is 0 Å². The quantitative estimate of drug-likeness (QED) is 0.598. The van der Waals surface area contributed by atoms with Crippen molar-refractivity contribution in [1.82, 2.24) is 0 Å². The fraction of sp³-hybridized carbons (Fsp3) is 0.400. The molecular formula is C25H25NO7. The number of rotatable bonds is 8. The van der Waals surface area contributed by atoms with Crippen LogP contribution in [0, 0.1) is 28.1 Å². The summed E-state index contributed by atoms with van der Waals surface area (Å²) in [7, 11) is 2.97. The highest BCUT2D eigenvalue weighted by Gasteiger charge is 2.66. The molecule has 1 aliphatic heterocycles. The molecule has 2 atom stereocenters. The van der Waals surface area contributed by atoms with Gasteiger partial charge in [0.25, 0.3) is 0 Å². The third-order valence-corrected chi connectivity index (χ3v) is 6.67. The van der Waals surface area contributed by atoms with Crippen LogP contribution in [0.1, 0.15) is 36.2 Å². The summed E-state index contributed by atoms with van der Waals surface area (Å²) in [4.78, 5) is 24.3. The number of carboxylic acid groups (broad SMARTS) is 1. The van der Waals surface area contributed by atoms with Crippen molar-refractivity contribution < 1.29 is 33.6 Å². The number of nitrogens with zero attached hydrogens (tertiary/aromatic N) is 1. The predicted molar refractivity (Wildman–Crippen MR) is 117 cm³/mol. The van der Waals surface area contributed by atoms with Crippen molar-refractivity contribution in [2.45, 2.75) is 26.9 Å². The average molecular weight is 451 g/mol. The first-order valence-corrected chi connectivity index (χ1v) is 10.5. The number of aliphatic carboxylic acids is 1. The van der Waals surface area contributed by atoms with Gasteiger partial charge in [0.05, 0.1) is 31.3 Å². The number of carboxylic acids is 1. The molecule has 2 aromatic rings. The van der Waals surface area contributed by atoms with Gasteiger partial charge in [0.2, 0.25) is 5.75 Å². The second-order valence-corrected chi connectivity index (χ2v) is 8.93. The van der Waals surface area contributed by atoms with Gasteiger partial charge in [0.1, 0.15) is 18.6 Å². The van der Waals surface area contributed by atoms with Crippen molar-refractivity contribution in [3.8, 4) is 34.4 Å². The number of ether oxygens (including phenoxy) is 4. The van der Waals surface area contributed by atoms with E-state index in [0.29, 0.717) is 34.8 Å².